The number of hydrogen-bond donors (Lipinski definition) is 0. The van der Waals surface area contributed by atoms with Crippen LogP contribution in [0, 0.1) is 0 Å². The molecule has 136 valence electrons. The number of carbonyl (C=O) groups is 2. The lowest BCUT2D eigenvalue weighted by Gasteiger charge is -2.15. The highest BCUT2D eigenvalue weighted by Crippen LogP contribution is 2.23. The van der Waals surface area contributed by atoms with Crippen molar-refractivity contribution in [1.29, 1.82) is 0 Å². The Hall–Kier alpha value is -2.82. The molecule has 0 saturated carbocycles. The fraction of sp³-hybridized carbons (Fsp3) is 0.333. The van der Waals surface area contributed by atoms with E-state index in [1.165, 1.54) is 4.90 Å². The molecule has 0 bridgehead atoms. The molecule has 1 aliphatic heterocycles. The second kappa shape index (κ2) is 8.52. The summed E-state index contributed by atoms with van der Waals surface area (Å²) in [5, 5.41) is 0. The summed E-state index contributed by atoms with van der Waals surface area (Å²) in [5.74, 6) is 0.901. The highest BCUT2D eigenvalue weighted by molar-refractivity contribution is 6.21. The van der Waals surface area contributed by atoms with Crippen LogP contribution in [0.15, 0.2) is 48.5 Å². The molecule has 2 aromatic rings. The quantitative estimate of drug-likeness (QED) is 0.506. The van der Waals surface area contributed by atoms with Gasteiger partial charge in [-0.25, -0.2) is 0 Å². The maximum absolute atomic E-state index is 12.3. The monoisotopic (exact) mass is 353 g/mol. The maximum atomic E-state index is 12.3. The lowest BCUT2D eigenvalue weighted by atomic mass is 10.1. The molecule has 0 N–H and O–H groups in total. The standard InChI is InChI=1S/C21H23NO4/c1-2-3-6-13-25-16-8-7-9-17(15-16)26-14-12-22-20(23)18-10-4-5-11-19(18)21(22)24/h4-5,7-11,15H,2-3,6,12-14H2,1H3. The van der Waals surface area contributed by atoms with Gasteiger partial charge in [0.25, 0.3) is 11.8 Å². The molecule has 26 heavy (non-hydrogen) atoms. The Bertz CT molecular complexity index is 752. The topological polar surface area (TPSA) is 55.8 Å². The molecule has 0 aromatic heterocycles. The van der Waals surface area contributed by atoms with Gasteiger partial charge in [0, 0.05) is 6.07 Å². The predicted molar refractivity (Wildman–Crippen MR) is 98.8 cm³/mol. The molecular formula is C21H23NO4. The molecule has 2 aromatic carbocycles. The fourth-order valence-corrected chi connectivity index (χ4v) is 2.89. The summed E-state index contributed by atoms with van der Waals surface area (Å²) >= 11 is 0. The molecule has 3 rings (SSSR count). The Morgan fingerprint density at radius 3 is 2.04 bits per heavy atom. The Labute approximate surface area is 153 Å². The van der Waals surface area contributed by atoms with Crippen LogP contribution in [0.2, 0.25) is 0 Å². The second-order valence-corrected chi connectivity index (χ2v) is 6.19. The molecule has 0 radical (unpaired) electrons. The molecule has 1 aliphatic rings. The van der Waals surface area contributed by atoms with Crippen molar-refractivity contribution in [2.75, 3.05) is 19.8 Å². The van der Waals surface area contributed by atoms with E-state index in [0.717, 1.165) is 25.0 Å². The van der Waals surface area contributed by atoms with E-state index in [4.69, 9.17) is 9.47 Å². The van der Waals surface area contributed by atoms with Crippen LogP contribution in [-0.2, 0) is 0 Å². The number of hydrogen-bond acceptors (Lipinski definition) is 4. The van der Waals surface area contributed by atoms with E-state index in [2.05, 4.69) is 6.92 Å². The summed E-state index contributed by atoms with van der Waals surface area (Å²) in [6.45, 7) is 3.30. The van der Waals surface area contributed by atoms with Crippen LogP contribution in [0.4, 0.5) is 0 Å². The summed E-state index contributed by atoms with van der Waals surface area (Å²) in [6, 6.07) is 14.3. The normalized spacial score (nSPS) is 13.0. The molecule has 5 heteroatoms. The molecule has 0 aliphatic carbocycles. The fourth-order valence-electron chi connectivity index (χ4n) is 2.89. The number of benzene rings is 2. The van der Waals surface area contributed by atoms with Crippen LogP contribution >= 0.6 is 0 Å². The Kier molecular flexibility index (Phi) is 5.89. The van der Waals surface area contributed by atoms with Crippen LogP contribution in [0.5, 0.6) is 11.5 Å². The highest BCUT2D eigenvalue weighted by Gasteiger charge is 2.34. The number of imide groups is 1. The second-order valence-electron chi connectivity index (χ2n) is 6.19. The zero-order chi connectivity index (χ0) is 18.4. The molecule has 0 spiro atoms. The maximum Gasteiger partial charge on any atom is 0.261 e. The molecule has 1 heterocycles. The zero-order valence-electron chi connectivity index (χ0n) is 14.9. The number of carbonyl (C=O) groups excluding carboxylic acids is 2. The van der Waals surface area contributed by atoms with E-state index >= 15 is 0 Å². The van der Waals surface area contributed by atoms with Crippen LogP contribution in [-0.4, -0.2) is 36.5 Å². The molecule has 2 amide bonds. The minimum absolute atomic E-state index is 0.216. The third-order valence-electron chi connectivity index (χ3n) is 4.28. The molecule has 5 nitrogen and oxygen atoms in total. The summed E-state index contributed by atoms with van der Waals surface area (Å²) < 4.78 is 11.4. The van der Waals surface area contributed by atoms with Crippen molar-refractivity contribution in [1.82, 2.24) is 4.90 Å². The van der Waals surface area contributed by atoms with Crippen molar-refractivity contribution in [2.24, 2.45) is 0 Å². The van der Waals surface area contributed by atoms with Crippen LogP contribution in [0.1, 0.15) is 46.9 Å². The number of unbranched alkanes of at least 4 members (excludes halogenated alkanes) is 2. The van der Waals surface area contributed by atoms with Gasteiger partial charge in [0.2, 0.25) is 0 Å². The first-order chi connectivity index (χ1) is 12.7. The third-order valence-corrected chi connectivity index (χ3v) is 4.28. The minimum Gasteiger partial charge on any atom is -0.493 e. The number of amides is 2. The predicted octanol–water partition coefficient (Wildman–Crippen LogP) is 3.93. The molecule has 0 fully saturated rings. The van der Waals surface area contributed by atoms with E-state index in [1.54, 1.807) is 24.3 Å². The first kappa shape index (κ1) is 18.0. The smallest absolute Gasteiger partial charge is 0.261 e. The molecular weight excluding hydrogens is 330 g/mol. The number of ether oxygens (including phenoxy) is 2. The molecule has 0 unspecified atom stereocenters. The summed E-state index contributed by atoms with van der Waals surface area (Å²) in [4.78, 5) is 25.8. The molecule has 0 saturated heterocycles. The van der Waals surface area contributed by atoms with Crippen LogP contribution < -0.4 is 9.47 Å². The Morgan fingerprint density at radius 1 is 0.808 bits per heavy atom. The van der Waals surface area contributed by atoms with Gasteiger partial charge in [-0.3, -0.25) is 14.5 Å². The average molecular weight is 353 g/mol. The van der Waals surface area contributed by atoms with Gasteiger partial charge < -0.3 is 9.47 Å². The van der Waals surface area contributed by atoms with Gasteiger partial charge in [-0.2, -0.15) is 0 Å². The lowest BCUT2D eigenvalue weighted by Crippen LogP contribution is -2.33. The Morgan fingerprint density at radius 2 is 1.42 bits per heavy atom. The molecule has 0 atom stereocenters. The van der Waals surface area contributed by atoms with E-state index in [-0.39, 0.29) is 25.0 Å². The van der Waals surface area contributed by atoms with Crippen molar-refractivity contribution in [2.45, 2.75) is 26.2 Å². The van der Waals surface area contributed by atoms with Crippen molar-refractivity contribution >= 4 is 11.8 Å². The summed E-state index contributed by atoms with van der Waals surface area (Å²) in [7, 11) is 0. The number of fused-ring (bicyclic) bond motifs is 1. The highest BCUT2D eigenvalue weighted by atomic mass is 16.5. The summed E-state index contributed by atoms with van der Waals surface area (Å²) in [5.41, 5.74) is 0.917. The zero-order valence-corrected chi connectivity index (χ0v) is 14.9. The van der Waals surface area contributed by atoms with Gasteiger partial charge in [-0.15, -0.1) is 0 Å². The lowest BCUT2D eigenvalue weighted by molar-refractivity contribution is 0.0631. The SMILES string of the molecule is CCCCCOc1cccc(OCCN2C(=O)c3ccccc3C2=O)c1. The first-order valence-electron chi connectivity index (χ1n) is 9.01. The van der Waals surface area contributed by atoms with Gasteiger partial charge in [-0.1, -0.05) is 38.0 Å². The van der Waals surface area contributed by atoms with Crippen molar-refractivity contribution in [3.8, 4) is 11.5 Å². The third kappa shape index (κ3) is 4.04. The Balaban J connectivity index is 1.51. The van der Waals surface area contributed by atoms with Gasteiger partial charge in [0.1, 0.15) is 18.1 Å². The van der Waals surface area contributed by atoms with Crippen LogP contribution in [0.25, 0.3) is 0 Å². The van der Waals surface area contributed by atoms with Crippen molar-refractivity contribution in [3.05, 3.63) is 59.7 Å². The van der Waals surface area contributed by atoms with Crippen molar-refractivity contribution < 1.29 is 19.1 Å². The number of nitrogens with zero attached hydrogens (tertiary/aromatic N) is 1. The largest absolute Gasteiger partial charge is 0.493 e. The van der Waals surface area contributed by atoms with Gasteiger partial charge in [0.05, 0.1) is 24.3 Å². The van der Waals surface area contributed by atoms with Crippen molar-refractivity contribution in [3.63, 3.8) is 0 Å². The first-order valence-corrected chi connectivity index (χ1v) is 9.01. The van der Waals surface area contributed by atoms with Crippen LogP contribution in [0.3, 0.4) is 0 Å². The average Bonchev–Trinajstić information content (AvgIpc) is 2.91. The van der Waals surface area contributed by atoms with E-state index in [1.807, 2.05) is 24.3 Å². The van der Waals surface area contributed by atoms with E-state index in [0.29, 0.717) is 23.5 Å². The number of rotatable bonds is 9. The van der Waals surface area contributed by atoms with Gasteiger partial charge in [-0.05, 0) is 30.7 Å². The van der Waals surface area contributed by atoms with Gasteiger partial charge in [0.15, 0.2) is 0 Å². The minimum atomic E-state index is -0.262. The van der Waals surface area contributed by atoms with Gasteiger partial charge >= 0.3 is 0 Å². The van der Waals surface area contributed by atoms with E-state index in [9.17, 15) is 9.59 Å². The summed E-state index contributed by atoms with van der Waals surface area (Å²) in [6.07, 6.45) is 3.34. The van der Waals surface area contributed by atoms with E-state index < -0.39 is 0 Å².